The van der Waals surface area contributed by atoms with E-state index in [0.29, 0.717) is 6.61 Å². The molecule has 0 aliphatic rings. The lowest BCUT2D eigenvalue weighted by Gasteiger charge is -2.21. The number of hydrogen-bond acceptors (Lipinski definition) is 3. The van der Waals surface area contributed by atoms with Crippen LogP contribution >= 0.6 is 22.9 Å². The fraction of sp³-hybridized carbons (Fsp3) is 0.412. The van der Waals surface area contributed by atoms with Crippen molar-refractivity contribution < 1.29 is 4.74 Å². The molecule has 2 nitrogen and oxygen atoms in total. The fourth-order valence-corrected chi connectivity index (χ4v) is 2.79. The lowest BCUT2D eigenvalue weighted by Crippen LogP contribution is -2.35. The van der Waals surface area contributed by atoms with Crippen LogP contribution in [0.3, 0.4) is 0 Å². The van der Waals surface area contributed by atoms with Crippen LogP contribution in [-0.4, -0.2) is 12.1 Å². The molecule has 0 bridgehead atoms. The monoisotopic (exact) mass is 323 g/mol. The summed E-state index contributed by atoms with van der Waals surface area (Å²) in [6, 6.07) is 10.0. The van der Waals surface area contributed by atoms with E-state index in [-0.39, 0.29) is 5.54 Å². The Hall–Kier alpha value is -1.03. The second-order valence-electron chi connectivity index (χ2n) is 6.03. The van der Waals surface area contributed by atoms with E-state index in [9.17, 15) is 0 Å². The first kappa shape index (κ1) is 16.3. The van der Waals surface area contributed by atoms with Gasteiger partial charge in [-0.2, -0.15) is 0 Å². The largest absolute Gasteiger partial charge is 0.493 e. The number of ether oxygens (including phenoxy) is 1. The van der Waals surface area contributed by atoms with Gasteiger partial charge in [0.2, 0.25) is 0 Å². The average Bonchev–Trinajstić information content (AvgIpc) is 2.91. The van der Waals surface area contributed by atoms with E-state index in [1.807, 2.05) is 18.2 Å². The van der Waals surface area contributed by atoms with Gasteiger partial charge in [-0.15, -0.1) is 11.3 Å². The second kappa shape index (κ2) is 7.30. The third kappa shape index (κ3) is 5.70. The number of thiophene rings is 1. The van der Waals surface area contributed by atoms with Crippen LogP contribution in [0.25, 0.3) is 0 Å². The molecule has 0 radical (unpaired) electrons. The molecule has 1 N–H and O–H groups in total. The molecule has 0 atom stereocenters. The van der Waals surface area contributed by atoms with Crippen molar-refractivity contribution in [1.82, 2.24) is 5.32 Å². The minimum absolute atomic E-state index is 0.0660. The quantitative estimate of drug-likeness (QED) is 0.815. The lowest BCUT2D eigenvalue weighted by molar-refractivity contribution is 0.316. The van der Waals surface area contributed by atoms with Gasteiger partial charge in [0.15, 0.2) is 0 Å². The number of nitrogens with one attached hydrogen (secondary N) is 1. The summed E-state index contributed by atoms with van der Waals surface area (Å²) in [5, 5.41) is 6.31. The van der Waals surface area contributed by atoms with Gasteiger partial charge in [0.1, 0.15) is 5.75 Å². The van der Waals surface area contributed by atoms with Crippen molar-refractivity contribution in [2.24, 2.45) is 0 Å². The van der Waals surface area contributed by atoms with Crippen LogP contribution in [0.4, 0.5) is 0 Å². The summed E-state index contributed by atoms with van der Waals surface area (Å²) >= 11 is 7.87. The van der Waals surface area contributed by atoms with Gasteiger partial charge in [-0.25, -0.2) is 0 Å². The van der Waals surface area contributed by atoms with Crippen molar-refractivity contribution in [3.8, 4) is 5.75 Å². The maximum Gasteiger partial charge on any atom is 0.123 e. The Morgan fingerprint density at radius 3 is 2.71 bits per heavy atom. The Labute approximate surface area is 136 Å². The molecule has 21 heavy (non-hydrogen) atoms. The van der Waals surface area contributed by atoms with Crippen molar-refractivity contribution >= 4 is 22.9 Å². The minimum atomic E-state index is 0.0660. The van der Waals surface area contributed by atoms with Gasteiger partial charge in [0.25, 0.3) is 0 Å². The van der Waals surface area contributed by atoms with Crippen LogP contribution in [0.2, 0.25) is 5.02 Å². The highest BCUT2D eigenvalue weighted by atomic mass is 35.5. The van der Waals surface area contributed by atoms with Crippen molar-refractivity contribution in [2.45, 2.75) is 39.3 Å². The third-order valence-corrected chi connectivity index (χ3v) is 4.19. The molecule has 1 aromatic heterocycles. The summed E-state index contributed by atoms with van der Waals surface area (Å²) in [6.45, 7) is 7.88. The Morgan fingerprint density at radius 1 is 1.24 bits per heavy atom. The topological polar surface area (TPSA) is 21.3 Å². The van der Waals surface area contributed by atoms with Crippen molar-refractivity contribution in [1.29, 1.82) is 0 Å². The Kier molecular flexibility index (Phi) is 5.68. The number of rotatable bonds is 6. The van der Waals surface area contributed by atoms with E-state index >= 15 is 0 Å². The van der Waals surface area contributed by atoms with Crippen LogP contribution in [0.15, 0.2) is 35.7 Å². The van der Waals surface area contributed by atoms with Crippen LogP contribution in [0.5, 0.6) is 5.75 Å². The van der Waals surface area contributed by atoms with E-state index < -0.39 is 0 Å². The summed E-state index contributed by atoms with van der Waals surface area (Å²) in [5.41, 5.74) is 1.17. The van der Waals surface area contributed by atoms with Gasteiger partial charge in [-0.1, -0.05) is 17.7 Å². The first-order chi connectivity index (χ1) is 9.94. The normalized spacial score (nSPS) is 11.6. The van der Waals surface area contributed by atoms with E-state index in [1.54, 1.807) is 11.3 Å². The molecule has 0 aliphatic carbocycles. The van der Waals surface area contributed by atoms with Gasteiger partial charge >= 0.3 is 0 Å². The van der Waals surface area contributed by atoms with Crippen LogP contribution in [0.1, 0.15) is 31.2 Å². The summed E-state index contributed by atoms with van der Waals surface area (Å²) in [4.78, 5) is 1.35. The predicted molar refractivity (Wildman–Crippen MR) is 91.6 cm³/mol. The molecule has 0 saturated carbocycles. The molecular weight excluding hydrogens is 302 g/mol. The smallest absolute Gasteiger partial charge is 0.123 e. The Morgan fingerprint density at radius 2 is 2.05 bits per heavy atom. The highest BCUT2D eigenvalue weighted by molar-refractivity contribution is 7.09. The van der Waals surface area contributed by atoms with E-state index in [1.165, 1.54) is 4.88 Å². The van der Waals surface area contributed by atoms with Crippen molar-refractivity contribution in [3.05, 3.63) is 51.2 Å². The number of benzene rings is 1. The van der Waals surface area contributed by atoms with Gasteiger partial charge in [0, 0.05) is 34.0 Å². The summed E-state index contributed by atoms with van der Waals surface area (Å²) in [7, 11) is 0. The van der Waals surface area contributed by atoms with Gasteiger partial charge in [-0.05, 0) is 50.4 Å². The van der Waals surface area contributed by atoms with E-state index in [4.69, 9.17) is 16.3 Å². The molecule has 2 rings (SSSR count). The number of halogens is 1. The van der Waals surface area contributed by atoms with Crippen molar-refractivity contribution in [3.63, 3.8) is 0 Å². The molecule has 0 unspecified atom stereocenters. The molecule has 0 aliphatic heterocycles. The van der Waals surface area contributed by atoms with Crippen LogP contribution in [0, 0.1) is 0 Å². The highest BCUT2D eigenvalue weighted by Crippen LogP contribution is 2.24. The number of hydrogen-bond donors (Lipinski definition) is 1. The fourth-order valence-electron chi connectivity index (χ4n) is 1.90. The summed E-state index contributed by atoms with van der Waals surface area (Å²) in [5.74, 6) is 0.910. The zero-order valence-electron chi connectivity index (χ0n) is 12.8. The Balaban J connectivity index is 1.97. The predicted octanol–water partition coefficient (Wildman–Crippen LogP) is 4.91. The SMILES string of the molecule is CC(C)(C)NCc1cc(Cl)ccc1OCCc1cccs1. The standard InChI is InChI=1S/C17H22ClNOS/c1-17(2,3)19-12-13-11-14(18)6-7-16(13)20-9-8-15-5-4-10-21-15/h4-7,10-11,19H,8-9,12H2,1-3H3. The highest BCUT2D eigenvalue weighted by Gasteiger charge is 2.11. The molecule has 114 valence electrons. The molecule has 1 aromatic carbocycles. The zero-order valence-corrected chi connectivity index (χ0v) is 14.4. The maximum absolute atomic E-state index is 6.10. The molecule has 2 aromatic rings. The Bertz CT molecular complexity index is 561. The second-order valence-corrected chi connectivity index (χ2v) is 7.50. The summed E-state index contributed by atoms with van der Waals surface area (Å²) in [6.07, 6.45) is 0.937. The van der Waals surface area contributed by atoms with Gasteiger partial charge < -0.3 is 10.1 Å². The maximum atomic E-state index is 6.10. The van der Waals surface area contributed by atoms with E-state index in [2.05, 4.69) is 43.6 Å². The van der Waals surface area contributed by atoms with Crippen LogP contribution < -0.4 is 10.1 Å². The lowest BCUT2D eigenvalue weighted by atomic mass is 10.1. The van der Waals surface area contributed by atoms with Crippen LogP contribution in [-0.2, 0) is 13.0 Å². The molecule has 4 heteroatoms. The molecule has 0 fully saturated rings. The first-order valence-corrected chi connectivity index (χ1v) is 8.38. The summed E-state index contributed by atoms with van der Waals surface area (Å²) < 4.78 is 5.94. The molecule has 0 amide bonds. The molecule has 1 heterocycles. The van der Waals surface area contributed by atoms with Crippen molar-refractivity contribution in [2.75, 3.05) is 6.61 Å². The zero-order chi connectivity index (χ0) is 15.3. The molecule has 0 spiro atoms. The molecule has 0 saturated heterocycles. The minimum Gasteiger partial charge on any atom is -0.493 e. The molecular formula is C17H22ClNOS. The van der Waals surface area contributed by atoms with Gasteiger partial charge in [0.05, 0.1) is 6.61 Å². The van der Waals surface area contributed by atoms with E-state index in [0.717, 1.165) is 29.3 Å². The average molecular weight is 324 g/mol. The third-order valence-electron chi connectivity index (χ3n) is 3.02. The van der Waals surface area contributed by atoms with Gasteiger partial charge in [-0.3, -0.25) is 0 Å². The first-order valence-electron chi connectivity index (χ1n) is 7.13.